The van der Waals surface area contributed by atoms with Gasteiger partial charge in [0, 0.05) is 31.3 Å². The van der Waals surface area contributed by atoms with Gasteiger partial charge < -0.3 is 23.5 Å². The second kappa shape index (κ2) is 8.70. The molecule has 0 unspecified atom stereocenters. The molecule has 2 aromatic heterocycles. The summed E-state index contributed by atoms with van der Waals surface area (Å²) in [5.41, 5.74) is 1.51. The predicted octanol–water partition coefficient (Wildman–Crippen LogP) is 5.13. The summed E-state index contributed by atoms with van der Waals surface area (Å²) in [6.07, 6.45) is 1.52. The molecular weight excluding hydrogens is 428 g/mol. The normalized spacial score (nSPS) is 14.8. The Hall–Kier alpha value is -3.26. The smallest absolute Gasteiger partial charge is 0.289 e. The number of piperidine rings is 1. The molecule has 1 aliphatic heterocycles. The van der Waals surface area contributed by atoms with Gasteiger partial charge in [0.1, 0.15) is 11.9 Å². The zero-order valence-corrected chi connectivity index (χ0v) is 18.8. The number of para-hydroxylation sites is 1. The monoisotopic (exact) mass is 452 g/mol. The molecular formula is C24H24N2O5S. The molecule has 32 heavy (non-hydrogen) atoms. The lowest BCUT2D eigenvalue weighted by Gasteiger charge is -2.31. The number of ether oxygens (including phenoxy) is 3. The van der Waals surface area contributed by atoms with Crippen molar-refractivity contribution in [1.29, 1.82) is 0 Å². The van der Waals surface area contributed by atoms with E-state index in [1.807, 2.05) is 48.2 Å². The molecule has 1 saturated heterocycles. The lowest BCUT2D eigenvalue weighted by atomic mass is 10.1. The predicted molar refractivity (Wildman–Crippen MR) is 123 cm³/mol. The van der Waals surface area contributed by atoms with E-state index in [1.54, 1.807) is 13.2 Å². The molecule has 166 valence electrons. The fourth-order valence-electron chi connectivity index (χ4n) is 3.95. The summed E-state index contributed by atoms with van der Waals surface area (Å²) in [6, 6.07) is 13.3. The molecule has 0 N–H and O–H groups in total. The number of amides is 1. The number of rotatable bonds is 6. The first-order chi connectivity index (χ1) is 15.6. The van der Waals surface area contributed by atoms with Crippen molar-refractivity contribution in [3.63, 3.8) is 0 Å². The van der Waals surface area contributed by atoms with Crippen LogP contribution in [0.2, 0.25) is 0 Å². The lowest BCUT2D eigenvalue weighted by Crippen LogP contribution is -2.41. The summed E-state index contributed by atoms with van der Waals surface area (Å²) < 4.78 is 23.9. The Balaban J connectivity index is 1.23. The Kier molecular flexibility index (Phi) is 5.61. The average Bonchev–Trinajstić information content (AvgIpc) is 3.43. The van der Waals surface area contributed by atoms with Gasteiger partial charge >= 0.3 is 0 Å². The van der Waals surface area contributed by atoms with Crippen LogP contribution in [-0.4, -0.2) is 48.7 Å². The number of nitrogens with zero attached hydrogens (tertiary/aromatic N) is 2. The molecule has 1 fully saturated rings. The van der Waals surface area contributed by atoms with E-state index in [-0.39, 0.29) is 12.0 Å². The van der Waals surface area contributed by atoms with Gasteiger partial charge in [-0.1, -0.05) is 23.5 Å². The van der Waals surface area contributed by atoms with Gasteiger partial charge in [-0.05, 0) is 37.3 Å². The van der Waals surface area contributed by atoms with Gasteiger partial charge in [-0.15, -0.1) is 0 Å². The summed E-state index contributed by atoms with van der Waals surface area (Å²) in [5.74, 6) is 1.70. The van der Waals surface area contributed by atoms with Crippen LogP contribution < -0.4 is 14.2 Å². The van der Waals surface area contributed by atoms with Crippen molar-refractivity contribution in [2.24, 2.45) is 0 Å². The lowest BCUT2D eigenvalue weighted by molar-refractivity contribution is 0.0568. The number of aromatic nitrogens is 1. The third-order valence-corrected chi connectivity index (χ3v) is 6.50. The average molecular weight is 453 g/mol. The Morgan fingerprint density at radius 3 is 2.84 bits per heavy atom. The minimum atomic E-state index is -0.103. The van der Waals surface area contributed by atoms with Crippen molar-refractivity contribution < 1.29 is 23.4 Å². The molecule has 2 aromatic carbocycles. The second-order valence-corrected chi connectivity index (χ2v) is 8.63. The molecule has 4 aromatic rings. The Bertz CT molecular complexity index is 1260. The topological polar surface area (TPSA) is 74.0 Å². The van der Waals surface area contributed by atoms with Crippen LogP contribution in [0.15, 0.2) is 46.9 Å². The number of carbonyl (C=O) groups is 1. The Morgan fingerprint density at radius 2 is 2.06 bits per heavy atom. The summed E-state index contributed by atoms with van der Waals surface area (Å²) in [4.78, 5) is 19.4. The third kappa shape index (κ3) is 3.98. The highest BCUT2D eigenvalue weighted by Crippen LogP contribution is 2.33. The molecule has 0 aliphatic carbocycles. The van der Waals surface area contributed by atoms with Crippen molar-refractivity contribution in [2.45, 2.75) is 25.9 Å². The Morgan fingerprint density at radius 1 is 1.22 bits per heavy atom. The number of carbonyl (C=O) groups excluding carboxylic acids is 1. The van der Waals surface area contributed by atoms with Crippen molar-refractivity contribution in [2.75, 3.05) is 26.8 Å². The maximum Gasteiger partial charge on any atom is 0.289 e. The van der Waals surface area contributed by atoms with Crippen molar-refractivity contribution in [1.82, 2.24) is 9.88 Å². The molecule has 1 amide bonds. The highest BCUT2D eigenvalue weighted by Gasteiger charge is 2.27. The van der Waals surface area contributed by atoms with Crippen molar-refractivity contribution in [3.05, 3.63) is 48.2 Å². The SMILES string of the molecule is CCOc1cccc2cc(C(=O)N3CCC(Oc4nc5ccc(OC)cc5s4)CC3)oc12. The number of methoxy groups -OCH3 is 1. The third-order valence-electron chi connectivity index (χ3n) is 5.59. The van der Waals surface area contributed by atoms with Gasteiger partial charge in [0.25, 0.3) is 11.1 Å². The van der Waals surface area contributed by atoms with E-state index in [2.05, 4.69) is 4.98 Å². The first kappa shape index (κ1) is 20.6. The highest BCUT2D eigenvalue weighted by atomic mass is 32.1. The molecule has 8 heteroatoms. The molecule has 1 aliphatic rings. The van der Waals surface area contributed by atoms with Crippen LogP contribution in [0, 0.1) is 0 Å². The van der Waals surface area contributed by atoms with E-state index in [0.29, 0.717) is 42.0 Å². The standard InChI is InChI=1S/C24H24N2O5S/c1-3-29-19-6-4-5-15-13-20(31-22(15)19)23(27)26-11-9-16(10-12-26)30-24-25-18-8-7-17(28-2)14-21(18)32-24/h4-8,13-14,16H,3,9-12H2,1-2H3. The van der Waals surface area contributed by atoms with E-state index < -0.39 is 0 Å². The molecule has 0 radical (unpaired) electrons. The summed E-state index contributed by atoms with van der Waals surface area (Å²) >= 11 is 1.51. The molecule has 0 spiro atoms. The number of benzene rings is 2. The van der Waals surface area contributed by atoms with Crippen LogP contribution in [0.3, 0.4) is 0 Å². The van der Waals surface area contributed by atoms with Gasteiger partial charge in [-0.2, -0.15) is 0 Å². The number of thiazole rings is 1. The van der Waals surface area contributed by atoms with Gasteiger partial charge in [0.05, 0.1) is 23.9 Å². The van der Waals surface area contributed by atoms with Crippen LogP contribution in [0.5, 0.6) is 16.7 Å². The quantitative estimate of drug-likeness (QED) is 0.404. The summed E-state index contributed by atoms with van der Waals surface area (Å²) in [7, 11) is 1.65. The zero-order chi connectivity index (χ0) is 22.1. The van der Waals surface area contributed by atoms with Gasteiger partial charge in [0.2, 0.25) is 0 Å². The fraction of sp³-hybridized carbons (Fsp3) is 0.333. The molecule has 5 rings (SSSR count). The van der Waals surface area contributed by atoms with Gasteiger partial charge in [-0.25, -0.2) is 4.98 Å². The zero-order valence-electron chi connectivity index (χ0n) is 18.0. The van der Waals surface area contributed by atoms with Crippen LogP contribution >= 0.6 is 11.3 Å². The minimum absolute atomic E-state index is 0.0294. The number of hydrogen-bond donors (Lipinski definition) is 0. The molecule has 0 atom stereocenters. The van der Waals surface area contributed by atoms with Crippen molar-refractivity contribution >= 4 is 38.4 Å². The summed E-state index contributed by atoms with van der Waals surface area (Å²) in [6.45, 7) is 3.68. The van der Waals surface area contributed by atoms with Gasteiger partial charge in [0.15, 0.2) is 17.1 Å². The molecule has 0 saturated carbocycles. The maximum absolute atomic E-state index is 13.0. The van der Waals surface area contributed by atoms with Crippen LogP contribution in [0.4, 0.5) is 0 Å². The minimum Gasteiger partial charge on any atom is -0.497 e. The first-order valence-electron chi connectivity index (χ1n) is 10.7. The molecule has 0 bridgehead atoms. The number of fused-ring (bicyclic) bond motifs is 2. The van der Waals surface area contributed by atoms with Crippen LogP contribution in [-0.2, 0) is 0 Å². The second-order valence-electron chi connectivity index (χ2n) is 7.64. The van der Waals surface area contributed by atoms with E-state index in [9.17, 15) is 4.79 Å². The molecule has 3 heterocycles. The van der Waals surface area contributed by atoms with E-state index in [1.165, 1.54) is 11.3 Å². The largest absolute Gasteiger partial charge is 0.497 e. The van der Waals surface area contributed by atoms with Crippen LogP contribution in [0.1, 0.15) is 30.3 Å². The number of hydrogen-bond acceptors (Lipinski definition) is 7. The molecule has 7 nitrogen and oxygen atoms in total. The number of furan rings is 1. The highest BCUT2D eigenvalue weighted by molar-refractivity contribution is 7.20. The van der Waals surface area contributed by atoms with E-state index in [4.69, 9.17) is 18.6 Å². The number of likely N-dealkylation sites (tertiary alicyclic amines) is 1. The Labute approximate surface area is 189 Å². The van der Waals surface area contributed by atoms with Crippen molar-refractivity contribution in [3.8, 4) is 16.7 Å². The van der Waals surface area contributed by atoms with E-state index in [0.717, 1.165) is 34.2 Å². The maximum atomic E-state index is 13.0. The van der Waals surface area contributed by atoms with Gasteiger partial charge in [-0.3, -0.25) is 4.79 Å². The fourth-order valence-corrected chi connectivity index (χ4v) is 4.86. The van der Waals surface area contributed by atoms with E-state index >= 15 is 0 Å². The summed E-state index contributed by atoms with van der Waals surface area (Å²) in [5, 5.41) is 1.52. The first-order valence-corrected chi connectivity index (χ1v) is 11.5. The van der Waals surface area contributed by atoms with Crippen LogP contribution in [0.25, 0.3) is 21.2 Å².